The first kappa shape index (κ1) is 23.4. The van der Waals surface area contributed by atoms with E-state index in [1.165, 1.54) is 22.3 Å². The second-order valence-electron chi connectivity index (χ2n) is 10.1. The average Bonchev–Trinajstić information content (AvgIpc) is 3.15. The van der Waals surface area contributed by atoms with Crippen LogP contribution in [-0.2, 0) is 14.3 Å². The van der Waals surface area contributed by atoms with E-state index in [1.54, 1.807) is 0 Å². The predicted octanol–water partition coefficient (Wildman–Crippen LogP) is 4.41. The summed E-state index contributed by atoms with van der Waals surface area (Å²) < 4.78 is 5.68. The number of fused-ring (bicyclic) bond motifs is 3. The number of likely N-dealkylation sites (tertiary alicyclic amines) is 1. The maximum absolute atomic E-state index is 12.9. The Morgan fingerprint density at radius 3 is 2.29 bits per heavy atom. The molecule has 2 N–H and O–H groups in total. The molecule has 0 bridgehead atoms. The fourth-order valence-electron chi connectivity index (χ4n) is 5.87. The van der Waals surface area contributed by atoms with Crippen LogP contribution in [0.4, 0.5) is 4.79 Å². The van der Waals surface area contributed by atoms with Crippen LogP contribution in [0.2, 0.25) is 0 Å². The molecule has 2 amide bonds. The van der Waals surface area contributed by atoms with Crippen LogP contribution in [0.1, 0.15) is 55.6 Å². The molecule has 35 heavy (non-hydrogen) atoms. The highest BCUT2D eigenvalue weighted by molar-refractivity contribution is 5.80. The fraction of sp³-hybridized carbons (Fsp3) is 0.464. The molecule has 2 fully saturated rings. The fourth-order valence-corrected chi connectivity index (χ4v) is 5.87. The van der Waals surface area contributed by atoms with Crippen molar-refractivity contribution in [1.82, 2.24) is 10.2 Å². The topological polar surface area (TPSA) is 95.9 Å². The van der Waals surface area contributed by atoms with E-state index in [1.807, 2.05) is 29.2 Å². The first-order valence-corrected chi connectivity index (χ1v) is 12.6. The second kappa shape index (κ2) is 10.1. The number of carboxylic acids is 1. The van der Waals surface area contributed by atoms with Gasteiger partial charge in [0.05, 0.1) is 0 Å². The number of carboxylic acid groups (broad SMARTS) is 1. The summed E-state index contributed by atoms with van der Waals surface area (Å²) in [5.41, 5.74) is 4.76. The SMILES string of the molecule is O=C(O)CCC1CN(C(=O)[C@H]2CCC[C@@H](NC(=O)OCC3c4ccccc4-c4ccccc43)C2)C1. The maximum atomic E-state index is 12.9. The summed E-state index contributed by atoms with van der Waals surface area (Å²) in [7, 11) is 0. The molecule has 1 heterocycles. The van der Waals surface area contributed by atoms with E-state index in [-0.39, 0.29) is 42.7 Å². The van der Waals surface area contributed by atoms with Crippen molar-refractivity contribution in [2.24, 2.45) is 11.8 Å². The minimum Gasteiger partial charge on any atom is -0.481 e. The molecule has 5 rings (SSSR count). The average molecular weight is 477 g/mol. The standard InChI is InChI=1S/C28H32N2O5/c31-26(32)13-12-18-15-30(16-18)27(33)19-6-5-7-20(14-19)29-28(34)35-17-25-23-10-3-1-8-21(23)22-9-2-4-11-24(22)25/h1-4,8-11,18-20,25H,5-7,12-17H2,(H,29,34)(H,31,32)/t19-,20+/m0/s1. The zero-order chi connectivity index (χ0) is 24.4. The molecule has 2 aromatic carbocycles. The molecule has 0 spiro atoms. The van der Waals surface area contributed by atoms with Gasteiger partial charge in [-0.2, -0.15) is 0 Å². The van der Waals surface area contributed by atoms with Gasteiger partial charge in [-0.15, -0.1) is 0 Å². The molecule has 0 aromatic heterocycles. The van der Waals surface area contributed by atoms with Crippen molar-refractivity contribution in [3.63, 3.8) is 0 Å². The summed E-state index contributed by atoms with van der Waals surface area (Å²) in [6.07, 6.45) is 3.54. The van der Waals surface area contributed by atoms with Crippen LogP contribution in [0.25, 0.3) is 11.1 Å². The van der Waals surface area contributed by atoms with Crippen LogP contribution >= 0.6 is 0 Å². The highest BCUT2D eigenvalue weighted by Gasteiger charge is 2.37. The minimum absolute atomic E-state index is 0.0225. The van der Waals surface area contributed by atoms with Gasteiger partial charge in [0.1, 0.15) is 6.61 Å². The monoisotopic (exact) mass is 476 g/mol. The van der Waals surface area contributed by atoms with Crippen molar-refractivity contribution in [2.75, 3.05) is 19.7 Å². The van der Waals surface area contributed by atoms with E-state index in [9.17, 15) is 14.4 Å². The molecular formula is C28H32N2O5. The number of amides is 2. The van der Waals surface area contributed by atoms with Gasteiger partial charge in [-0.1, -0.05) is 55.0 Å². The summed E-state index contributed by atoms with van der Waals surface area (Å²) in [6.45, 7) is 1.57. The minimum atomic E-state index is -0.788. The molecule has 184 valence electrons. The van der Waals surface area contributed by atoms with Crippen molar-refractivity contribution < 1.29 is 24.2 Å². The van der Waals surface area contributed by atoms with Gasteiger partial charge in [-0.25, -0.2) is 4.79 Å². The van der Waals surface area contributed by atoms with Crippen LogP contribution < -0.4 is 5.32 Å². The Morgan fingerprint density at radius 2 is 1.63 bits per heavy atom. The molecule has 1 saturated heterocycles. The van der Waals surface area contributed by atoms with Crippen molar-refractivity contribution in [3.8, 4) is 11.1 Å². The number of benzene rings is 2. The number of hydrogen-bond acceptors (Lipinski definition) is 4. The van der Waals surface area contributed by atoms with Gasteiger partial charge in [-0.05, 0) is 53.9 Å². The highest BCUT2D eigenvalue weighted by Crippen LogP contribution is 2.44. The van der Waals surface area contributed by atoms with Crippen molar-refractivity contribution in [3.05, 3.63) is 59.7 Å². The zero-order valence-corrected chi connectivity index (χ0v) is 19.8. The van der Waals surface area contributed by atoms with E-state index < -0.39 is 12.1 Å². The van der Waals surface area contributed by atoms with Gasteiger partial charge in [-0.3, -0.25) is 9.59 Å². The summed E-state index contributed by atoms with van der Waals surface area (Å²) in [6, 6.07) is 16.4. The first-order chi connectivity index (χ1) is 17.0. The third kappa shape index (κ3) is 5.04. The predicted molar refractivity (Wildman–Crippen MR) is 131 cm³/mol. The Kier molecular flexibility index (Phi) is 6.75. The third-order valence-electron chi connectivity index (χ3n) is 7.72. The van der Waals surface area contributed by atoms with Crippen LogP contribution in [0.15, 0.2) is 48.5 Å². The van der Waals surface area contributed by atoms with E-state index in [0.717, 1.165) is 19.3 Å². The summed E-state index contributed by atoms with van der Waals surface area (Å²) in [5.74, 6) is -0.439. The van der Waals surface area contributed by atoms with Crippen molar-refractivity contribution in [1.29, 1.82) is 0 Å². The molecule has 2 aromatic rings. The largest absolute Gasteiger partial charge is 0.481 e. The Bertz CT molecular complexity index is 1060. The Labute approximate surface area is 205 Å². The lowest BCUT2D eigenvalue weighted by Crippen LogP contribution is -2.53. The van der Waals surface area contributed by atoms with Gasteiger partial charge >= 0.3 is 12.1 Å². The van der Waals surface area contributed by atoms with Gasteiger partial charge in [0, 0.05) is 37.4 Å². The lowest BCUT2D eigenvalue weighted by molar-refractivity contribution is -0.144. The molecule has 0 unspecified atom stereocenters. The van der Waals surface area contributed by atoms with E-state index >= 15 is 0 Å². The molecule has 0 radical (unpaired) electrons. The van der Waals surface area contributed by atoms with Gasteiger partial charge in [0.15, 0.2) is 0 Å². The number of alkyl carbamates (subject to hydrolysis) is 1. The van der Waals surface area contributed by atoms with E-state index in [2.05, 4.69) is 29.6 Å². The quantitative estimate of drug-likeness (QED) is 0.617. The molecule has 7 heteroatoms. The normalized spacial score (nSPS) is 21.5. The maximum Gasteiger partial charge on any atom is 0.407 e. The van der Waals surface area contributed by atoms with Gasteiger partial charge < -0.3 is 20.1 Å². The number of nitrogens with one attached hydrogen (secondary N) is 1. The number of aliphatic carboxylic acids is 1. The van der Waals surface area contributed by atoms with Crippen molar-refractivity contribution >= 4 is 18.0 Å². The van der Waals surface area contributed by atoms with Crippen LogP contribution in [-0.4, -0.2) is 53.7 Å². The third-order valence-corrected chi connectivity index (χ3v) is 7.72. The van der Waals surface area contributed by atoms with Crippen LogP contribution in [0.3, 0.4) is 0 Å². The Balaban J connectivity index is 1.11. The number of hydrogen-bond donors (Lipinski definition) is 2. The number of carbonyl (C=O) groups is 3. The molecule has 1 aliphatic heterocycles. The lowest BCUT2D eigenvalue weighted by atomic mass is 9.83. The van der Waals surface area contributed by atoms with E-state index in [4.69, 9.17) is 9.84 Å². The summed E-state index contributed by atoms with van der Waals surface area (Å²) in [4.78, 5) is 38.1. The first-order valence-electron chi connectivity index (χ1n) is 12.6. The summed E-state index contributed by atoms with van der Waals surface area (Å²) in [5, 5.41) is 11.8. The molecular weight excluding hydrogens is 444 g/mol. The second-order valence-corrected chi connectivity index (χ2v) is 10.1. The number of carbonyl (C=O) groups excluding carboxylic acids is 2. The number of rotatable bonds is 7. The molecule has 2 atom stereocenters. The van der Waals surface area contributed by atoms with Gasteiger partial charge in [0.25, 0.3) is 0 Å². The molecule has 3 aliphatic rings. The van der Waals surface area contributed by atoms with Crippen LogP contribution in [0, 0.1) is 11.8 Å². The summed E-state index contributed by atoms with van der Waals surface area (Å²) >= 11 is 0. The van der Waals surface area contributed by atoms with E-state index in [0.29, 0.717) is 25.9 Å². The van der Waals surface area contributed by atoms with Crippen molar-refractivity contribution in [2.45, 2.75) is 50.5 Å². The highest BCUT2D eigenvalue weighted by atomic mass is 16.5. The molecule has 1 saturated carbocycles. The smallest absolute Gasteiger partial charge is 0.407 e. The molecule has 7 nitrogen and oxygen atoms in total. The Hall–Kier alpha value is -3.35. The van der Waals surface area contributed by atoms with Crippen LogP contribution in [0.5, 0.6) is 0 Å². The number of nitrogens with zero attached hydrogens (tertiary/aromatic N) is 1. The number of ether oxygens (including phenoxy) is 1. The van der Waals surface area contributed by atoms with Gasteiger partial charge in [0.2, 0.25) is 5.91 Å². The zero-order valence-electron chi connectivity index (χ0n) is 19.8. The molecule has 2 aliphatic carbocycles. The lowest BCUT2D eigenvalue weighted by Gasteiger charge is -2.42. The Morgan fingerprint density at radius 1 is 0.971 bits per heavy atom.